The third-order valence-electron chi connectivity index (χ3n) is 2.18. The highest BCUT2D eigenvalue weighted by molar-refractivity contribution is 14.0. The van der Waals surface area contributed by atoms with Crippen molar-refractivity contribution in [2.45, 2.75) is 6.54 Å². The van der Waals surface area contributed by atoms with Crippen molar-refractivity contribution < 1.29 is 0 Å². The van der Waals surface area contributed by atoms with Gasteiger partial charge in [0.25, 0.3) is 0 Å². The van der Waals surface area contributed by atoms with Gasteiger partial charge in [-0.05, 0) is 17.7 Å². The van der Waals surface area contributed by atoms with Gasteiger partial charge in [-0.15, -0.1) is 30.6 Å². The second kappa shape index (κ2) is 9.48. The highest BCUT2D eigenvalue weighted by Gasteiger charge is 1.97. The Balaban J connectivity index is 0.00000289. The van der Waals surface area contributed by atoms with E-state index in [1.165, 1.54) is 0 Å². The van der Waals surface area contributed by atoms with Gasteiger partial charge in [0.1, 0.15) is 0 Å². The third-order valence-corrected chi connectivity index (χ3v) is 2.18. The summed E-state index contributed by atoms with van der Waals surface area (Å²) >= 11 is 0. The van der Waals surface area contributed by atoms with Crippen molar-refractivity contribution in [3.8, 4) is 6.07 Å². The standard InChI is InChI=1S/C13H16N4.HI/c1-3-8-16-13(15-2)17-10-12-6-4-11(9-14)5-7-12;/h3-7H,1,8,10H2,2H3,(H2,15,16,17);1H. The van der Waals surface area contributed by atoms with E-state index in [1.54, 1.807) is 25.3 Å². The van der Waals surface area contributed by atoms with E-state index in [0.29, 0.717) is 18.7 Å². The van der Waals surface area contributed by atoms with E-state index < -0.39 is 0 Å². The first kappa shape index (κ1) is 16.4. The monoisotopic (exact) mass is 356 g/mol. The van der Waals surface area contributed by atoms with Gasteiger partial charge < -0.3 is 10.6 Å². The molecule has 0 atom stereocenters. The van der Waals surface area contributed by atoms with E-state index in [0.717, 1.165) is 11.5 Å². The minimum Gasteiger partial charge on any atom is -0.353 e. The molecule has 1 rings (SSSR count). The zero-order valence-electron chi connectivity index (χ0n) is 10.3. The Bertz CT molecular complexity index is 431. The normalized spacial score (nSPS) is 9.89. The number of nitriles is 1. The van der Waals surface area contributed by atoms with Crippen LogP contribution in [0.4, 0.5) is 0 Å². The summed E-state index contributed by atoms with van der Waals surface area (Å²) in [7, 11) is 1.72. The number of rotatable bonds is 4. The fraction of sp³-hybridized carbons (Fsp3) is 0.231. The minimum atomic E-state index is 0. The van der Waals surface area contributed by atoms with Crippen LogP contribution in [0.1, 0.15) is 11.1 Å². The van der Waals surface area contributed by atoms with Crippen LogP contribution in [0.25, 0.3) is 0 Å². The van der Waals surface area contributed by atoms with E-state index in [4.69, 9.17) is 5.26 Å². The predicted molar refractivity (Wildman–Crippen MR) is 85.0 cm³/mol. The van der Waals surface area contributed by atoms with Gasteiger partial charge in [0.05, 0.1) is 11.6 Å². The van der Waals surface area contributed by atoms with Crippen LogP contribution in [0.3, 0.4) is 0 Å². The molecule has 2 N–H and O–H groups in total. The van der Waals surface area contributed by atoms with E-state index in [-0.39, 0.29) is 24.0 Å². The molecule has 0 aliphatic rings. The van der Waals surface area contributed by atoms with Gasteiger partial charge in [0.2, 0.25) is 0 Å². The van der Waals surface area contributed by atoms with Crippen LogP contribution in [0.2, 0.25) is 0 Å². The van der Waals surface area contributed by atoms with E-state index >= 15 is 0 Å². The second-order valence-corrected chi connectivity index (χ2v) is 3.40. The lowest BCUT2D eigenvalue weighted by Gasteiger charge is -2.10. The summed E-state index contributed by atoms with van der Waals surface area (Å²) in [5, 5.41) is 14.9. The fourth-order valence-electron chi connectivity index (χ4n) is 1.27. The number of nitrogens with zero attached hydrogens (tertiary/aromatic N) is 2. The highest BCUT2D eigenvalue weighted by Crippen LogP contribution is 2.02. The maximum absolute atomic E-state index is 8.68. The van der Waals surface area contributed by atoms with Crippen molar-refractivity contribution in [2.75, 3.05) is 13.6 Å². The van der Waals surface area contributed by atoms with Gasteiger partial charge in [0.15, 0.2) is 5.96 Å². The SMILES string of the molecule is C=CCNC(=NC)NCc1ccc(C#N)cc1.I. The first-order chi connectivity index (χ1) is 8.30. The number of halogens is 1. The molecule has 0 aromatic heterocycles. The summed E-state index contributed by atoms with van der Waals surface area (Å²) in [6.07, 6.45) is 1.77. The zero-order chi connectivity index (χ0) is 12.5. The number of benzene rings is 1. The smallest absolute Gasteiger partial charge is 0.191 e. The van der Waals surface area contributed by atoms with Crippen LogP contribution in [-0.4, -0.2) is 19.6 Å². The summed E-state index contributed by atoms with van der Waals surface area (Å²) in [4.78, 5) is 4.07. The summed E-state index contributed by atoms with van der Waals surface area (Å²) in [5.41, 5.74) is 1.77. The number of nitrogens with one attached hydrogen (secondary N) is 2. The largest absolute Gasteiger partial charge is 0.353 e. The van der Waals surface area contributed by atoms with Gasteiger partial charge in [-0.25, -0.2) is 0 Å². The molecular weight excluding hydrogens is 339 g/mol. The van der Waals surface area contributed by atoms with Crippen molar-refractivity contribution in [3.63, 3.8) is 0 Å². The van der Waals surface area contributed by atoms with Crippen molar-refractivity contribution in [1.29, 1.82) is 5.26 Å². The zero-order valence-corrected chi connectivity index (χ0v) is 12.6. The van der Waals surface area contributed by atoms with Crippen LogP contribution in [0.5, 0.6) is 0 Å². The van der Waals surface area contributed by atoms with Crippen LogP contribution >= 0.6 is 24.0 Å². The molecule has 0 aliphatic heterocycles. The minimum absolute atomic E-state index is 0. The van der Waals surface area contributed by atoms with Gasteiger partial charge in [0, 0.05) is 20.1 Å². The lowest BCUT2D eigenvalue weighted by Crippen LogP contribution is -2.36. The number of hydrogen-bond acceptors (Lipinski definition) is 2. The lowest BCUT2D eigenvalue weighted by molar-refractivity contribution is 0.847. The molecule has 0 saturated carbocycles. The van der Waals surface area contributed by atoms with Crippen LogP contribution in [0.15, 0.2) is 41.9 Å². The van der Waals surface area contributed by atoms with Gasteiger partial charge >= 0.3 is 0 Å². The Labute approximate surface area is 125 Å². The predicted octanol–water partition coefficient (Wildman–Crippen LogP) is 2.03. The molecule has 0 amide bonds. The van der Waals surface area contributed by atoms with Crippen LogP contribution in [0, 0.1) is 11.3 Å². The summed E-state index contributed by atoms with van der Waals surface area (Å²) in [6, 6.07) is 9.54. The molecule has 18 heavy (non-hydrogen) atoms. The number of aliphatic imine (C=N–C) groups is 1. The molecule has 5 heteroatoms. The average Bonchev–Trinajstić information content (AvgIpc) is 2.39. The number of hydrogen-bond donors (Lipinski definition) is 2. The van der Waals surface area contributed by atoms with E-state index in [1.807, 2.05) is 12.1 Å². The van der Waals surface area contributed by atoms with E-state index in [9.17, 15) is 0 Å². The Kier molecular flexibility index (Phi) is 8.66. The topological polar surface area (TPSA) is 60.2 Å². The first-order valence-electron chi connectivity index (χ1n) is 5.34. The molecule has 0 saturated heterocycles. The molecule has 0 fully saturated rings. The Morgan fingerprint density at radius 1 is 1.39 bits per heavy atom. The first-order valence-corrected chi connectivity index (χ1v) is 5.34. The molecule has 4 nitrogen and oxygen atoms in total. The molecule has 0 unspecified atom stereocenters. The Hall–Kier alpha value is -1.55. The van der Waals surface area contributed by atoms with Gasteiger partial charge in [-0.3, -0.25) is 4.99 Å². The third kappa shape index (κ3) is 5.68. The maximum Gasteiger partial charge on any atom is 0.191 e. The van der Waals surface area contributed by atoms with Crippen molar-refractivity contribution in [2.24, 2.45) is 4.99 Å². The molecule has 0 radical (unpaired) electrons. The van der Waals surface area contributed by atoms with Gasteiger partial charge in [-0.2, -0.15) is 5.26 Å². The Morgan fingerprint density at radius 3 is 2.56 bits per heavy atom. The van der Waals surface area contributed by atoms with Gasteiger partial charge in [-0.1, -0.05) is 18.2 Å². The van der Waals surface area contributed by atoms with Crippen LogP contribution < -0.4 is 10.6 Å². The summed E-state index contributed by atoms with van der Waals surface area (Å²) in [6.45, 7) is 4.97. The Morgan fingerprint density at radius 2 is 2.06 bits per heavy atom. The average molecular weight is 356 g/mol. The highest BCUT2D eigenvalue weighted by atomic mass is 127. The van der Waals surface area contributed by atoms with Crippen molar-refractivity contribution in [1.82, 2.24) is 10.6 Å². The summed E-state index contributed by atoms with van der Waals surface area (Å²) in [5.74, 6) is 0.731. The molecular formula is C13H17IN4. The molecule has 0 heterocycles. The summed E-state index contributed by atoms with van der Waals surface area (Å²) < 4.78 is 0. The van der Waals surface area contributed by atoms with E-state index in [2.05, 4.69) is 28.3 Å². The molecule has 0 bridgehead atoms. The maximum atomic E-state index is 8.68. The fourth-order valence-corrected chi connectivity index (χ4v) is 1.27. The second-order valence-electron chi connectivity index (χ2n) is 3.40. The molecule has 1 aromatic rings. The lowest BCUT2D eigenvalue weighted by atomic mass is 10.1. The molecule has 0 aliphatic carbocycles. The van der Waals surface area contributed by atoms with Crippen molar-refractivity contribution in [3.05, 3.63) is 48.0 Å². The van der Waals surface area contributed by atoms with Crippen molar-refractivity contribution >= 4 is 29.9 Å². The molecule has 0 spiro atoms. The quantitative estimate of drug-likeness (QED) is 0.376. The molecule has 1 aromatic carbocycles. The van der Waals surface area contributed by atoms with Crippen LogP contribution in [-0.2, 0) is 6.54 Å². The number of guanidine groups is 1. The molecule has 96 valence electrons.